The van der Waals surface area contributed by atoms with Crippen LogP contribution in [0.1, 0.15) is 26.2 Å². The van der Waals surface area contributed by atoms with Crippen LogP contribution in [-0.4, -0.2) is 38.3 Å². The van der Waals surface area contributed by atoms with Gasteiger partial charge in [0.25, 0.3) is 0 Å². The second-order valence-corrected chi connectivity index (χ2v) is 4.97. The van der Waals surface area contributed by atoms with Crippen LogP contribution in [-0.2, 0) is 4.74 Å². The van der Waals surface area contributed by atoms with Crippen molar-refractivity contribution in [3.8, 4) is 0 Å². The van der Waals surface area contributed by atoms with Gasteiger partial charge < -0.3 is 9.64 Å². The van der Waals surface area contributed by atoms with Crippen LogP contribution in [0.3, 0.4) is 0 Å². The normalized spacial score (nSPS) is 35.6. The fourth-order valence-electron chi connectivity index (χ4n) is 2.90. The van der Waals surface area contributed by atoms with E-state index < -0.39 is 0 Å². The molecule has 3 heteroatoms. The maximum atomic E-state index is 5.66. The zero-order chi connectivity index (χ0) is 9.31. The molecule has 0 saturated carbocycles. The summed E-state index contributed by atoms with van der Waals surface area (Å²) >= 11 is 0. The SMILES string of the molecule is C[C-]1COCC2(CCCN(C)C2)C1.[Lr]. The van der Waals surface area contributed by atoms with Crippen LogP contribution in [0.5, 0.6) is 0 Å². The van der Waals surface area contributed by atoms with Crippen LogP contribution in [0.2, 0.25) is 0 Å². The predicted molar refractivity (Wildman–Crippen MR) is 53.5 cm³/mol. The molecule has 2 saturated heterocycles. The smallest absolute Gasteiger partial charge is 0.0474 e. The Bertz CT molecular complexity index is 166. The Morgan fingerprint density at radius 3 is 2.86 bits per heavy atom. The molecule has 0 aromatic carbocycles. The minimum Gasteiger partial charge on any atom is -0.412 e. The Labute approximate surface area is 81.3 Å². The van der Waals surface area contributed by atoms with Crippen molar-refractivity contribution in [1.29, 1.82) is 0 Å². The molecule has 0 aliphatic carbocycles. The van der Waals surface area contributed by atoms with E-state index in [2.05, 4.69) is 18.9 Å². The number of ether oxygens (including phenoxy) is 1. The third-order valence-corrected chi connectivity index (χ3v) is 3.29. The van der Waals surface area contributed by atoms with Gasteiger partial charge in [0, 0.05) is 13.2 Å². The second kappa shape index (κ2) is 3.97. The maximum Gasteiger partial charge on any atom is 0.0474 e. The van der Waals surface area contributed by atoms with Gasteiger partial charge in [-0.3, -0.25) is 5.92 Å². The molecule has 14 heavy (non-hydrogen) atoms. The number of rotatable bonds is 0. The molecule has 1 radical (unpaired) electrons. The van der Waals surface area contributed by atoms with E-state index >= 15 is 0 Å². The van der Waals surface area contributed by atoms with Crippen LogP contribution in [0.25, 0.3) is 0 Å². The molecule has 0 bridgehead atoms. The average molecular weight is 444 g/mol. The minimum absolute atomic E-state index is 0. The van der Waals surface area contributed by atoms with E-state index in [0.29, 0.717) is 5.41 Å². The summed E-state index contributed by atoms with van der Waals surface area (Å²) < 4.78 is 5.66. The van der Waals surface area contributed by atoms with Crippen LogP contribution in [0.4, 0.5) is 0 Å². The van der Waals surface area contributed by atoms with E-state index in [4.69, 9.17) is 4.74 Å². The Kier molecular flexibility index (Phi) is 3.12. The van der Waals surface area contributed by atoms with Gasteiger partial charge in [0.2, 0.25) is 0 Å². The summed E-state index contributed by atoms with van der Waals surface area (Å²) in [5.41, 5.74) is 0.468. The van der Waals surface area contributed by atoms with Crippen LogP contribution in [0, 0.1) is 11.3 Å². The van der Waals surface area contributed by atoms with Crippen molar-refractivity contribution >= 4 is 0 Å². The van der Waals surface area contributed by atoms with Gasteiger partial charge >= 0.3 is 0 Å². The quantitative estimate of drug-likeness (QED) is 0.528. The summed E-state index contributed by atoms with van der Waals surface area (Å²) in [6.07, 6.45) is 3.99. The topological polar surface area (TPSA) is 12.5 Å². The number of hydrogen-bond acceptors (Lipinski definition) is 2. The van der Waals surface area contributed by atoms with Crippen molar-refractivity contribution in [3.05, 3.63) is 5.92 Å². The number of hydrogen-bond donors (Lipinski definition) is 0. The molecule has 2 aliphatic heterocycles. The predicted octanol–water partition coefficient (Wildman–Crippen LogP) is 1.71. The van der Waals surface area contributed by atoms with Gasteiger partial charge in [0.15, 0.2) is 0 Å². The third kappa shape index (κ3) is 2.05. The van der Waals surface area contributed by atoms with E-state index in [0.717, 1.165) is 13.2 Å². The monoisotopic (exact) mass is 444 g/mol. The molecule has 1 atom stereocenters. The van der Waals surface area contributed by atoms with Crippen molar-refractivity contribution in [3.63, 3.8) is 0 Å². The minimum atomic E-state index is 0. The molecular formula is C11H20LrNO-. The maximum absolute atomic E-state index is 5.66. The first-order valence-corrected chi connectivity index (χ1v) is 5.28. The largest absolute Gasteiger partial charge is 0.412 e. The van der Waals surface area contributed by atoms with Gasteiger partial charge in [-0.05, 0) is 31.8 Å². The molecule has 91 valence electrons. The van der Waals surface area contributed by atoms with Crippen molar-refractivity contribution in [1.82, 2.24) is 4.90 Å². The van der Waals surface area contributed by atoms with Crippen molar-refractivity contribution in [2.24, 2.45) is 5.41 Å². The van der Waals surface area contributed by atoms with Gasteiger partial charge in [-0.1, -0.05) is 6.61 Å². The summed E-state index contributed by atoms with van der Waals surface area (Å²) in [5, 5.41) is 0. The summed E-state index contributed by atoms with van der Waals surface area (Å²) in [7, 11) is 2.23. The molecule has 0 aromatic rings. The summed E-state index contributed by atoms with van der Waals surface area (Å²) in [4.78, 5) is 2.45. The summed E-state index contributed by atoms with van der Waals surface area (Å²) in [6, 6.07) is 0. The standard InChI is InChI=1S/C11H20NO.Lr/c1-10-6-11(9-13-7-10)4-3-5-12(2)8-11;/h3-9H2,1-2H3;/q-1;. The first kappa shape index (κ1) is 11.0. The van der Waals surface area contributed by atoms with Gasteiger partial charge in [0.05, 0.1) is 0 Å². The van der Waals surface area contributed by atoms with E-state index in [1.165, 1.54) is 38.3 Å². The van der Waals surface area contributed by atoms with Crippen LogP contribution < -0.4 is 0 Å². The molecule has 1 unspecified atom stereocenters. The molecule has 0 amide bonds. The Hall–Kier alpha value is -1.08. The van der Waals surface area contributed by atoms with Crippen LogP contribution in [0.15, 0.2) is 0 Å². The first-order valence-electron chi connectivity index (χ1n) is 5.28. The van der Waals surface area contributed by atoms with Crippen molar-refractivity contribution in [2.75, 3.05) is 33.4 Å². The Morgan fingerprint density at radius 2 is 2.21 bits per heavy atom. The molecule has 0 aromatic heterocycles. The number of nitrogens with zero attached hydrogens (tertiary/aromatic N) is 1. The second-order valence-electron chi connectivity index (χ2n) is 4.97. The van der Waals surface area contributed by atoms with Crippen molar-refractivity contribution < 1.29 is 4.74 Å². The molecule has 1 spiro atoms. The first-order chi connectivity index (χ1) is 6.20. The Balaban J connectivity index is 0.000000980. The fourth-order valence-corrected chi connectivity index (χ4v) is 2.90. The summed E-state index contributed by atoms with van der Waals surface area (Å²) in [5.74, 6) is 1.53. The molecule has 2 aliphatic rings. The molecule has 2 fully saturated rings. The molecule has 2 nitrogen and oxygen atoms in total. The van der Waals surface area contributed by atoms with E-state index in [1.54, 1.807) is 0 Å². The number of likely N-dealkylation sites (tertiary alicyclic amines) is 1. The average Bonchev–Trinajstić information content (AvgIpc) is 2.02. The van der Waals surface area contributed by atoms with E-state index in [1.807, 2.05) is 0 Å². The van der Waals surface area contributed by atoms with Gasteiger partial charge in [-0.15, -0.1) is 0 Å². The molecular weight excluding hydrogens is 424 g/mol. The third-order valence-electron chi connectivity index (χ3n) is 3.29. The zero-order valence-electron chi connectivity index (χ0n) is 9.06. The van der Waals surface area contributed by atoms with Gasteiger partial charge in [0.1, 0.15) is 0 Å². The van der Waals surface area contributed by atoms with E-state index in [-0.39, 0.29) is 0 Å². The molecule has 2 heterocycles. The van der Waals surface area contributed by atoms with Gasteiger partial charge in [-0.2, -0.15) is 13.3 Å². The van der Waals surface area contributed by atoms with Crippen LogP contribution >= 0.6 is 0 Å². The summed E-state index contributed by atoms with van der Waals surface area (Å²) in [6.45, 7) is 6.60. The Morgan fingerprint density at radius 1 is 1.43 bits per heavy atom. The zero-order valence-corrected chi connectivity index (χ0v) is 11.2. The fraction of sp³-hybridized carbons (Fsp3) is 0.909. The molecule has 2 rings (SSSR count). The van der Waals surface area contributed by atoms with E-state index in [9.17, 15) is 0 Å². The molecule has 0 N–H and O–H groups in total. The van der Waals surface area contributed by atoms with Crippen molar-refractivity contribution in [2.45, 2.75) is 26.2 Å². The van der Waals surface area contributed by atoms with Gasteiger partial charge in [-0.25, -0.2) is 0 Å². The number of piperidine rings is 1.